The van der Waals surface area contributed by atoms with E-state index in [0.717, 1.165) is 18.5 Å². The van der Waals surface area contributed by atoms with Crippen molar-refractivity contribution >= 4 is 5.91 Å². The maximum atomic E-state index is 11.7. The van der Waals surface area contributed by atoms with Gasteiger partial charge in [-0.25, -0.2) is 0 Å². The van der Waals surface area contributed by atoms with Crippen LogP contribution in [0.2, 0.25) is 0 Å². The van der Waals surface area contributed by atoms with E-state index < -0.39 is 0 Å². The van der Waals surface area contributed by atoms with Crippen LogP contribution in [0.5, 0.6) is 5.75 Å². The van der Waals surface area contributed by atoms with Crippen LogP contribution in [-0.2, 0) is 16.1 Å². The number of amides is 1. The van der Waals surface area contributed by atoms with Gasteiger partial charge in [0, 0.05) is 25.8 Å². The molecule has 6 nitrogen and oxygen atoms in total. The van der Waals surface area contributed by atoms with E-state index >= 15 is 0 Å². The lowest BCUT2D eigenvalue weighted by molar-refractivity contribution is -0.124. The van der Waals surface area contributed by atoms with Gasteiger partial charge in [-0.3, -0.25) is 9.78 Å². The molecule has 1 aliphatic heterocycles. The molecule has 0 bridgehead atoms. The number of carbonyl (C=O) groups excluding carboxylic acids is 1. The van der Waals surface area contributed by atoms with Gasteiger partial charge < -0.3 is 20.1 Å². The summed E-state index contributed by atoms with van der Waals surface area (Å²) >= 11 is 0. The number of hydrogen-bond acceptors (Lipinski definition) is 5. The third kappa shape index (κ3) is 4.79. The third-order valence-corrected chi connectivity index (χ3v) is 3.11. The number of rotatable bonds is 6. The van der Waals surface area contributed by atoms with Crippen molar-refractivity contribution in [2.45, 2.75) is 25.4 Å². The lowest BCUT2D eigenvalue weighted by atomic mass is 10.1. The predicted molar refractivity (Wildman–Crippen MR) is 74.5 cm³/mol. The maximum Gasteiger partial charge on any atom is 0.258 e. The highest BCUT2D eigenvalue weighted by atomic mass is 16.5. The SMILES string of the molecule is CNCc1ccc(OCC(=O)NC2CCOCC2)cn1. The van der Waals surface area contributed by atoms with Crippen molar-refractivity contribution < 1.29 is 14.3 Å². The van der Waals surface area contributed by atoms with E-state index in [4.69, 9.17) is 9.47 Å². The van der Waals surface area contributed by atoms with Crippen LogP contribution in [0.3, 0.4) is 0 Å². The van der Waals surface area contributed by atoms with Crippen molar-refractivity contribution in [2.75, 3.05) is 26.9 Å². The number of nitrogens with zero attached hydrogens (tertiary/aromatic N) is 1. The van der Waals surface area contributed by atoms with Crippen molar-refractivity contribution in [1.82, 2.24) is 15.6 Å². The largest absolute Gasteiger partial charge is 0.482 e. The Balaban J connectivity index is 1.72. The third-order valence-electron chi connectivity index (χ3n) is 3.11. The van der Waals surface area contributed by atoms with E-state index in [9.17, 15) is 4.79 Å². The number of pyridine rings is 1. The smallest absolute Gasteiger partial charge is 0.258 e. The minimum atomic E-state index is -0.101. The summed E-state index contributed by atoms with van der Waals surface area (Å²) in [5.74, 6) is 0.503. The quantitative estimate of drug-likeness (QED) is 0.792. The van der Waals surface area contributed by atoms with Crippen LogP contribution in [0.4, 0.5) is 0 Å². The van der Waals surface area contributed by atoms with Crippen LogP contribution in [0.15, 0.2) is 18.3 Å². The first-order chi connectivity index (χ1) is 9.78. The van der Waals surface area contributed by atoms with Crippen LogP contribution < -0.4 is 15.4 Å². The monoisotopic (exact) mass is 279 g/mol. The first-order valence-electron chi connectivity index (χ1n) is 6.87. The normalized spacial score (nSPS) is 15.8. The number of nitrogens with one attached hydrogen (secondary N) is 2. The van der Waals surface area contributed by atoms with Crippen LogP contribution in [-0.4, -0.2) is 43.8 Å². The van der Waals surface area contributed by atoms with Crippen LogP contribution in [0.1, 0.15) is 18.5 Å². The van der Waals surface area contributed by atoms with E-state index in [0.29, 0.717) is 25.5 Å². The molecular weight excluding hydrogens is 258 g/mol. The molecule has 0 aromatic carbocycles. The molecule has 0 spiro atoms. The summed E-state index contributed by atoms with van der Waals surface area (Å²) in [4.78, 5) is 16.0. The molecule has 0 unspecified atom stereocenters. The summed E-state index contributed by atoms with van der Waals surface area (Å²) in [6.45, 7) is 2.15. The van der Waals surface area contributed by atoms with Gasteiger partial charge in [-0.05, 0) is 32.0 Å². The summed E-state index contributed by atoms with van der Waals surface area (Å²) in [6, 6.07) is 3.90. The molecule has 2 heterocycles. The van der Waals surface area contributed by atoms with Gasteiger partial charge in [0.2, 0.25) is 0 Å². The van der Waals surface area contributed by atoms with Crippen molar-refractivity contribution in [3.63, 3.8) is 0 Å². The molecule has 2 N–H and O–H groups in total. The minimum absolute atomic E-state index is 0.0183. The fourth-order valence-electron chi connectivity index (χ4n) is 2.04. The van der Waals surface area contributed by atoms with Crippen molar-refractivity contribution in [1.29, 1.82) is 0 Å². The molecule has 20 heavy (non-hydrogen) atoms. The Labute approximate surface area is 118 Å². The predicted octanol–water partition coefficient (Wildman–Crippen LogP) is 0.475. The zero-order valence-corrected chi connectivity index (χ0v) is 11.7. The lowest BCUT2D eigenvalue weighted by Crippen LogP contribution is -2.41. The topological polar surface area (TPSA) is 72.5 Å². The number of carbonyl (C=O) groups is 1. The Morgan fingerprint density at radius 1 is 1.45 bits per heavy atom. The molecule has 1 saturated heterocycles. The summed E-state index contributed by atoms with van der Waals surface area (Å²) in [7, 11) is 1.87. The van der Waals surface area contributed by atoms with Gasteiger partial charge in [0.25, 0.3) is 5.91 Å². The average Bonchev–Trinajstić information content (AvgIpc) is 2.48. The summed E-state index contributed by atoms with van der Waals surface area (Å²) in [5.41, 5.74) is 0.937. The zero-order valence-electron chi connectivity index (χ0n) is 11.7. The molecule has 110 valence electrons. The summed E-state index contributed by atoms with van der Waals surface area (Å²) in [6.07, 6.45) is 3.37. The lowest BCUT2D eigenvalue weighted by Gasteiger charge is -2.23. The molecule has 1 aromatic heterocycles. The van der Waals surface area contributed by atoms with E-state index in [1.807, 2.05) is 19.2 Å². The maximum absolute atomic E-state index is 11.7. The number of hydrogen-bond donors (Lipinski definition) is 2. The zero-order chi connectivity index (χ0) is 14.2. The first-order valence-corrected chi connectivity index (χ1v) is 6.87. The standard InChI is InChI=1S/C14H21N3O3/c1-15-8-12-2-3-13(9-16-12)20-10-14(18)17-11-4-6-19-7-5-11/h2-3,9,11,15H,4-8,10H2,1H3,(H,17,18). The molecular formula is C14H21N3O3. The van der Waals surface area contributed by atoms with Crippen molar-refractivity contribution in [3.8, 4) is 5.75 Å². The van der Waals surface area contributed by atoms with E-state index in [-0.39, 0.29) is 18.6 Å². The molecule has 1 aliphatic rings. The van der Waals surface area contributed by atoms with Crippen molar-refractivity contribution in [2.24, 2.45) is 0 Å². The number of aromatic nitrogens is 1. The molecule has 1 fully saturated rings. The van der Waals surface area contributed by atoms with Crippen molar-refractivity contribution in [3.05, 3.63) is 24.0 Å². The Hall–Kier alpha value is -1.66. The highest BCUT2D eigenvalue weighted by Crippen LogP contribution is 2.09. The van der Waals surface area contributed by atoms with Gasteiger partial charge in [0.1, 0.15) is 5.75 Å². The fraction of sp³-hybridized carbons (Fsp3) is 0.571. The highest BCUT2D eigenvalue weighted by molar-refractivity contribution is 5.77. The molecule has 0 atom stereocenters. The van der Waals surface area contributed by atoms with E-state index in [2.05, 4.69) is 15.6 Å². The molecule has 0 radical (unpaired) electrons. The van der Waals surface area contributed by atoms with Crippen LogP contribution >= 0.6 is 0 Å². The van der Waals surface area contributed by atoms with Crippen LogP contribution in [0, 0.1) is 0 Å². The number of ether oxygens (including phenoxy) is 2. The summed E-state index contributed by atoms with van der Waals surface area (Å²) in [5, 5.41) is 5.97. The highest BCUT2D eigenvalue weighted by Gasteiger charge is 2.16. The second-order valence-electron chi connectivity index (χ2n) is 4.76. The Kier molecular flexibility index (Phi) is 5.76. The Bertz CT molecular complexity index is 416. The van der Waals surface area contributed by atoms with Gasteiger partial charge >= 0.3 is 0 Å². The van der Waals surface area contributed by atoms with Gasteiger partial charge in [0.05, 0.1) is 11.9 Å². The summed E-state index contributed by atoms with van der Waals surface area (Å²) < 4.78 is 10.7. The molecule has 6 heteroatoms. The Morgan fingerprint density at radius 3 is 2.90 bits per heavy atom. The van der Waals surface area contributed by atoms with Gasteiger partial charge in [0.15, 0.2) is 6.61 Å². The van der Waals surface area contributed by atoms with E-state index in [1.165, 1.54) is 0 Å². The molecule has 0 aliphatic carbocycles. The molecule has 2 rings (SSSR count). The van der Waals surface area contributed by atoms with Gasteiger partial charge in [-0.2, -0.15) is 0 Å². The molecule has 1 aromatic rings. The average molecular weight is 279 g/mol. The molecule has 0 saturated carbocycles. The first kappa shape index (κ1) is 14.7. The second kappa shape index (κ2) is 7.81. The van der Waals surface area contributed by atoms with Gasteiger partial charge in [-0.15, -0.1) is 0 Å². The Morgan fingerprint density at radius 2 is 2.25 bits per heavy atom. The fourth-order valence-corrected chi connectivity index (χ4v) is 2.04. The molecule has 1 amide bonds. The van der Waals surface area contributed by atoms with Crippen LogP contribution in [0.25, 0.3) is 0 Å². The minimum Gasteiger partial charge on any atom is -0.482 e. The van der Waals surface area contributed by atoms with E-state index in [1.54, 1.807) is 6.20 Å². The van der Waals surface area contributed by atoms with Gasteiger partial charge in [-0.1, -0.05) is 0 Å². The second-order valence-corrected chi connectivity index (χ2v) is 4.76.